The summed E-state index contributed by atoms with van der Waals surface area (Å²) in [5, 5.41) is 14.9. The Morgan fingerprint density at radius 3 is 2.36 bits per heavy atom. The number of carbonyl (C=O) groups excluding carboxylic acids is 1. The third kappa shape index (κ3) is 3.49. The molecular weight excluding hydrogens is 330 g/mol. The summed E-state index contributed by atoms with van der Waals surface area (Å²) >= 11 is 1.39. The van der Waals surface area contributed by atoms with Gasteiger partial charge < -0.3 is 9.88 Å². The molecule has 1 N–H and O–H groups in total. The highest BCUT2D eigenvalue weighted by molar-refractivity contribution is 7.14. The number of nitrogens with zero attached hydrogens (tertiary/aromatic N) is 2. The van der Waals surface area contributed by atoms with Crippen LogP contribution in [0, 0.1) is 11.3 Å². The molecular formula is C20H19N3OS. The molecule has 1 aromatic carbocycles. The summed E-state index contributed by atoms with van der Waals surface area (Å²) < 4.78 is 1.98. The second-order valence-electron chi connectivity index (χ2n) is 6.81. The SMILES string of the molecule is CC(C)(C)c1csc(NC(=O)c2ccc(-n3cccc3)cc2)c1C#N. The highest BCUT2D eigenvalue weighted by Crippen LogP contribution is 2.35. The Kier molecular flexibility index (Phi) is 4.47. The van der Waals surface area contributed by atoms with Crippen LogP contribution in [-0.2, 0) is 5.41 Å². The first-order chi connectivity index (χ1) is 11.9. The van der Waals surface area contributed by atoms with E-state index in [2.05, 4.69) is 32.2 Å². The fourth-order valence-electron chi connectivity index (χ4n) is 2.58. The molecule has 0 aliphatic rings. The topological polar surface area (TPSA) is 57.8 Å². The van der Waals surface area contributed by atoms with E-state index in [-0.39, 0.29) is 11.3 Å². The molecule has 0 bridgehead atoms. The van der Waals surface area contributed by atoms with Crippen molar-refractivity contribution in [1.29, 1.82) is 5.26 Å². The molecule has 1 amide bonds. The smallest absolute Gasteiger partial charge is 0.256 e. The number of amides is 1. The van der Waals surface area contributed by atoms with Crippen molar-refractivity contribution in [2.45, 2.75) is 26.2 Å². The van der Waals surface area contributed by atoms with Crippen LogP contribution in [0.2, 0.25) is 0 Å². The van der Waals surface area contributed by atoms with Crippen molar-refractivity contribution >= 4 is 22.2 Å². The van der Waals surface area contributed by atoms with Crippen LogP contribution in [0.3, 0.4) is 0 Å². The molecule has 126 valence electrons. The fourth-order valence-corrected chi connectivity index (χ4v) is 3.71. The molecule has 0 aliphatic heterocycles. The van der Waals surface area contributed by atoms with Gasteiger partial charge in [0.05, 0.1) is 5.56 Å². The van der Waals surface area contributed by atoms with E-state index < -0.39 is 0 Å². The van der Waals surface area contributed by atoms with Crippen LogP contribution < -0.4 is 5.32 Å². The Morgan fingerprint density at radius 2 is 1.80 bits per heavy atom. The third-order valence-corrected chi connectivity index (χ3v) is 4.87. The van der Waals surface area contributed by atoms with Gasteiger partial charge in [-0.2, -0.15) is 5.26 Å². The van der Waals surface area contributed by atoms with Crippen molar-refractivity contribution in [2.75, 3.05) is 5.32 Å². The maximum absolute atomic E-state index is 12.5. The molecule has 3 aromatic rings. The molecule has 0 radical (unpaired) electrons. The Morgan fingerprint density at radius 1 is 1.16 bits per heavy atom. The zero-order valence-electron chi connectivity index (χ0n) is 14.4. The summed E-state index contributed by atoms with van der Waals surface area (Å²) in [7, 11) is 0. The van der Waals surface area contributed by atoms with Gasteiger partial charge in [0.1, 0.15) is 11.1 Å². The van der Waals surface area contributed by atoms with E-state index in [4.69, 9.17) is 0 Å². The average molecular weight is 349 g/mol. The molecule has 0 fully saturated rings. The van der Waals surface area contributed by atoms with Crippen LogP contribution in [0.15, 0.2) is 54.2 Å². The van der Waals surface area contributed by atoms with Gasteiger partial charge >= 0.3 is 0 Å². The molecule has 25 heavy (non-hydrogen) atoms. The third-order valence-electron chi connectivity index (χ3n) is 3.97. The van der Waals surface area contributed by atoms with E-state index in [1.165, 1.54) is 11.3 Å². The van der Waals surface area contributed by atoms with Crippen LogP contribution in [0.25, 0.3) is 5.69 Å². The van der Waals surface area contributed by atoms with E-state index in [1.807, 2.05) is 46.6 Å². The normalized spacial score (nSPS) is 11.1. The van der Waals surface area contributed by atoms with Crippen LogP contribution >= 0.6 is 11.3 Å². The first kappa shape index (κ1) is 17.0. The van der Waals surface area contributed by atoms with E-state index in [0.29, 0.717) is 16.1 Å². The quantitative estimate of drug-likeness (QED) is 0.726. The first-order valence-electron chi connectivity index (χ1n) is 7.97. The van der Waals surface area contributed by atoms with Crippen LogP contribution in [0.1, 0.15) is 42.3 Å². The molecule has 0 saturated carbocycles. The van der Waals surface area contributed by atoms with E-state index in [1.54, 1.807) is 12.1 Å². The van der Waals surface area contributed by atoms with Crippen molar-refractivity contribution in [3.05, 3.63) is 70.9 Å². The predicted octanol–water partition coefficient (Wildman–Crippen LogP) is 4.96. The van der Waals surface area contributed by atoms with E-state index in [0.717, 1.165) is 11.3 Å². The summed E-state index contributed by atoms with van der Waals surface area (Å²) in [4.78, 5) is 12.5. The number of aromatic nitrogens is 1. The molecule has 0 spiro atoms. The van der Waals surface area contributed by atoms with E-state index >= 15 is 0 Å². The number of nitrogens with one attached hydrogen (secondary N) is 1. The number of hydrogen-bond acceptors (Lipinski definition) is 3. The van der Waals surface area contributed by atoms with Gasteiger partial charge in [0.25, 0.3) is 5.91 Å². The lowest BCUT2D eigenvalue weighted by Crippen LogP contribution is -2.14. The van der Waals surface area contributed by atoms with Crippen molar-refractivity contribution in [1.82, 2.24) is 4.57 Å². The van der Waals surface area contributed by atoms with Crippen molar-refractivity contribution in [3.8, 4) is 11.8 Å². The number of benzene rings is 1. The van der Waals surface area contributed by atoms with Crippen LogP contribution in [0.4, 0.5) is 5.00 Å². The Balaban J connectivity index is 1.81. The van der Waals surface area contributed by atoms with Gasteiger partial charge in [-0.1, -0.05) is 20.8 Å². The minimum atomic E-state index is -0.210. The molecule has 4 nitrogen and oxygen atoms in total. The lowest BCUT2D eigenvalue weighted by molar-refractivity contribution is 0.102. The number of hydrogen-bond donors (Lipinski definition) is 1. The van der Waals surface area contributed by atoms with Gasteiger partial charge in [0, 0.05) is 23.6 Å². The fraction of sp³-hybridized carbons (Fsp3) is 0.200. The average Bonchev–Trinajstić information content (AvgIpc) is 3.24. The summed E-state index contributed by atoms with van der Waals surface area (Å²) in [5.74, 6) is -0.210. The molecule has 2 heterocycles. The van der Waals surface area contributed by atoms with Gasteiger partial charge in [0.2, 0.25) is 0 Å². The standard InChI is InChI=1S/C20H19N3OS/c1-20(2,3)17-13-25-19(16(17)12-21)22-18(24)14-6-8-15(9-7-14)23-10-4-5-11-23/h4-11,13H,1-3H3,(H,22,24). The van der Waals surface area contributed by atoms with Crippen molar-refractivity contribution < 1.29 is 4.79 Å². The first-order valence-corrected chi connectivity index (χ1v) is 8.85. The summed E-state index contributed by atoms with van der Waals surface area (Å²) in [6.45, 7) is 6.17. The van der Waals surface area contributed by atoms with Crippen molar-refractivity contribution in [2.24, 2.45) is 0 Å². The maximum atomic E-state index is 12.5. The van der Waals surface area contributed by atoms with E-state index in [9.17, 15) is 10.1 Å². The second kappa shape index (κ2) is 6.58. The number of carbonyl (C=O) groups is 1. The number of rotatable bonds is 3. The molecule has 0 aliphatic carbocycles. The Labute approximate surface area is 151 Å². The van der Waals surface area contributed by atoms with Gasteiger partial charge in [-0.15, -0.1) is 11.3 Å². The molecule has 2 aromatic heterocycles. The highest BCUT2D eigenvalue weighted by Gasteiger charge is 2.23. The highest BCUT2D eigenvalue weighted by atomic mass is 32.1. The minimum absolute atomic E-state index is 0.136. The minimum Gasteiger partial charge on any atom is -0.324 e. The predicted molar refractivity (Wildman–Crippen MR) is 101 cm³/mol. The largest absolute Gasteiger partial charge is 0.324 e. The Hall–Kier alpha value is -2.84. The summed E-state index contributed by atoms with van der Waals surface area (Å²) in [5.41, 5.74) is 2.92. The number of nitriles is 1. The van der Waals surface area contributed by atoms with Gasteiger partial charge in [-0.3, -0.25) is 4.79 Å². The molecule has 3 rings (SSSR count). The molecule has 0 unspecified atom stereocenters. The summed E-state index contributed by atoms with van der Waals surface area (Å²) in [6, 6.07) is 13.5. The number of anilines is 1. The zero-order chi connectivity index (χ0) is 18.0. The zero-order valence-corrected chi connectivity index (χ0v) is 15.2. The molecule has 5 heteroatoms. The van der Waals surface area contributed by atoms with Crippen molar-refractivity contribution in [3.63, 3.8) is 0 Å². The molecule has 0 atom stereocenters. The van der Waals surface area contributed by atoms with Crippen LogP contribution in [-0.4, -0.2) is 10.5 Å². The maximum Gasteiger partial charge on any atom is 0.256 e. The lowest BCUT2D eigenvalue weighted by atomic mass is 9.86. The van der Waals surface area contributed by atoms with Crippen LogP contribution in [0.5, 0.6) is 0 Å². The number of thiophene rings is 1. The van der Waals surface area contributed by atoms with Gasteiger partial charge in [-0.25, -0.2) is 0 Å². The molecule has 0 saturated heterocycles. The summed E-state index contributed by atoms with van der Waals surface area (Å²) in [6.07, 6.45) is 3.90. The monoisotopic (exact) mass is 349 g/mol. The van der Waals surface area contributed by atoms with Gasteiger partial charge in [0.15, 0.2) is 0 Å². The van der Waals surface area contributed by atoms with Gasteiger partial charge in [-0.05, 0) is 52.8 Å². The second-order valence-corrected chi connectivity index (χ2v) is 7.69. The lowest BCUT2D eigenvalue weighted by Gasteiger charge is -2.17. The Bertz CT molecular complexity index is 923.